The Hall–Kier alpha value is -0.770. The number of rotatable bonds is 4. The van der Waals surface area contributed by atoms with Crippen molar-refractivity contribution in [3.63, 3.8) is 0 Å². The average molecular weight is 212 g/mol. The highest BCUT2D eigenvalue weighted by atomic mass is 15.3. The number of hydrogen-bond acceptors (Lipinski definition) is 2. The molecule has 0 amide bonds. The molecule has 4 nitrogen and oxygen atoms in total. The Kier molecular flexibility index (Phi) is 5.47. The number of nitrogens with zero attached hydrogens (tertiary/aromatic N) is 1. The van der Waals surface area contributed by atoms with E-state index in [0.717, 1.165) is 18.8 Å². The van der Waals surface area contributed by atoms with Gasteiger partial charge >= 0.3 is 0 Å². The smallest absolute Gasteiger partial charge is 0.206 e. The molecule has 0 saturated heterocycles. The van der Waals surface area contributed by atoms with E-state index >= 15 is 0 Å². The van der Waals surface area contributed by atoms with Gasteiger partial charge in [0.1, 0.15) is 0 Å². The van der Waals surface area contributed by atoms with Gasteiger partial charge in [0.05, 0.1) is 6.04 Å². The Labute approximate surface area is 92.7 Å². The Balaban J connectivity index is 2.45. The van der Waals surface area contributed by atoms with Crippen molar-refractivity contribution in [3.8, 4) is 0 Å². The Bertz CT molecular complexity index is 193. The van der Waals surface area contributed by atoms with Crippen LogP contribution in [0.2, 0.25) is 0 Å². The molecule has 4 heteroatoms. The molecule has 0 aromatic carbocycles. The normalized spacial score (nSPS) is 18.5. The first-order chi connectivity index (χ1) is 7.30. The molecule has 15 heavy (non-hydrogen) atoms. The molecule has 88 valence electrons. The quantitative estimate of drug-likeness (QED) is 0.286. The number of nitrogens with two attached hydrogens (primary N) is 1. The van der Waals surface area contributed by atoms with Crippen LogP contribution in [0.5, 0.6) is 0 Å². The summed E-state index contributed by atoms with van der Waals surface area (Å²) in [6.07, 6.45) is 7.21. The van der Waals surface area contributed by atoms with Crippen molar-refractivity contribution >= 4 is 5.96 Å². The molecule has 0 spiro atoms. The topological polar surface area (TPSA) is 62.4 Å². The van der Waals surface area contributed by atoms with Crippen LogP contribution in [0.1, 0.15) is 52.4 Å². The number of nitrogens with one attached hydrogen (secondary N) is 2. The molecule has 0 atom stereocenters. The lowest BCUT2D eigenvalue weighted by atomic mass is 10.2. The summed E-state index contributed by atoms with van der Waals surface area (Å²) in [5.74, 6) is 6.23. The highest BCUT2D eigenvalue weighted by Gasteiger charge is 2.15. The number of guanidine groups is 1. The van der Waals surface area contributed by atoms with Crippen molar-refractivity contribution in [2.75, 3.05) is 0 Å². The lowest BCUT2D eigenvalue weighted by molar-refractivity contribution is 0.554. The minimum absolute atomic E-state index is 0.470. The van der Waals surface area contributed by atoms with Crippen molar-refractivity contribution in [1.82, 2.24) is 10.7 Å². The third-order valence-electron chi connectivity index (χ3n) is 3.10. The van der Waals surface area contributed by atoms with Gasteiger partial charge in [0.25, 0.3) is 0 Å². The van der Waals surface area contributed by atoms with Crippen LogP contribution >= 0.6 is 0 Å². The maximum atomic E-state index is 5.47. The van der Waals surface area contributed by atoms with Crippen LogP contribution in [0, 0.1) is 0 Å². The summed E-state index contributed by atoms with van der Waals surface area (Å²) in [4.78, 5) is 4.60. The third-order valence-corrected chi connectivity index (χ3v) is 3.10. The molecular formula is C11H24N4. The highest BCUT2D eigenvalue weighted by molar-refractivity contribution is 5.79. The van der Waals surface area contributed by atoms with Gasteiger partial charge in [0.2, 0.25) is 5.96 Å². The zero-order valence-corrected chi connectivity index (χ0v) is 9.92. The Morgan fingerprint density at radius 2 is 1.93 bits per heavy atom. The lowest BCUT2D eigenvalue weighted by Crippen LogP contribution is -2.46. The van der Waals surface area contributed by atoms with Crippen molar-refractivity contribution in [1.29, 1.82) is 0 Å². The highest BCUT2D eigenvalue weighted by Crippen LogP contribution is 2.20. The fourth-order valence-electron chi connectivity index (χ4n) is 2.02. The molecule has 0 bridgehead atoms. The van der Waals surface area contributed by atoms with E-state index < -0.39 is 0 Å². The summed E-state index contributed by atoms with van der Waals surface area (Å²) in [6.45, 7) is 4.34. The molecule has 1 aliphatic carbocycles. The van der Waals surface area contributed by atoms with Crippen molar-refractivity contribution < 1.29 is 0 Å². The Morgan fingerprint density at radius 1 is 1.33 bits per heavy atom. The molecule has 0 aromatic heterocycles. The van der Waals surface area contributed by atoms with Crippen LogP contribution in [-0.4, -0.2) is 18.0 Å². The van der Waals surface area contributed by atoms with E-state index in [2.05, 4.69) is 29.6 Å². The summed E-state index contributed by atoms with van der Waals surface area (Å²) in [5, 5.41) is 3.34. The summed E-state index contributed by atoms with van der Waals surface area (Å²) in [7, 11) is 0. The third kappa shape index (κ3) is 4.08. The van der Waals surface area contributed by atoms with Crippen LogP contribution < -0.4 is 16.6 Å². The second kappa shape index (κ2) is 6.67. The maximum absolute atomic E-state index is 5.47. The first kappa shape index (κ1) is 12.3. The first-order valence-electron chi connectivity index (χ1n) is 6.11. The molecule has 0 unspecified atom stereocenters. The zero-order valence-electron chi connectivity index (χ0n) is 9.92. The number of hydrazine groups is 1. The van der Waals surface area contributed by atoms with Crippen LogP contribution in [0.4, 0.5) is 0 Å². The average Bonchev–Trinajstić information content (AvgIpc) is 2.76. The van der Waals surface area contributed by atoms with Gasteiger partial charge in [-0.2, -0.15) is 0 Å². The number of aliphatic imine (C=N–C) groups is 1. The molecule has 1 fully saturated rings. The summed E-state index contributed by atoms with van der Waals surface area (Å²) in [5.41, 5.74) is 2.67. The second-order valence-electron chi connectivity index (χ2n) is 4.22. The van der Waals surface area contributed by atoms with E-state index in [4.69, 9.17) is 5.84 Å². The molecule has 1 aliphatic rings. The van der Waals surface area contributed by atoms with Gasteiger partial charge in [-0.05, 0) is 25.7 Å². The largest absolute Gasteiger partial charge is 0.353 e. The van der Waals surface area contributed by atoms with Gasteiger partial charge in [0.15, 0.2) is 0 Å². The predicted molar refractivity (Wildman–Crippen MR) is 64.5 cm³/mol. The van der Waals surface area contributed by atoms with E-state index in [1.165, 1.54) is 25.7 Å². The van der Waals surface area contributed by atoms with Gasteiger partial charge in [-0.15, -0.1) is 0 Å². The van der Waals surface area contributed by atoms with Crippen LogP contribution in [0.15, 0.2) is 4.99 Å². The molecule has 4 N–H and O–H groups in total. The molecule has 0 aliphatic heterocycles. The fourth-order valence-corrected chi connectivity index (χ4v) is 2.02. The van der Waals surface area contributed by atoms with E-state index in [9.17, 15) is 0 Å². The van der Waals surface area contributed by atoms with Crippen molar-refractivity contribution in [2.45, 2.75) is 64.5 Å². The minimum atomic E-state index is 0.470. The van der Waals surface area contributed by atoms with Crippen LogP contribution in [0.25, 0.3) is 0 Å². The van der Waals surface area contributed by atoms with Crippen molar-refractivity contribution in [3.05, 3.63) is 0 Å². The molecule has 1 rings (SSSR count). The molecule has 0 radical (unpaired) electrons. The molecular weight excluding hydrogens is 188 g/mol. The van der Waals surface area contributed by atoms with E-state index in [-0.39, 0.29) is 0 Å². The summed E-state index contributed by atoms with van der Waals surface area (Å²) in [6, 6.07) is 0.944. The first-order valence-corrected chi connectivity index (χ1v) is 6.11. The van der Waals surface area contributed by atoms with E-state index in [0.29, 0.717) is 12.1 Å². The standard InChI is InChI=1S/C11H24N4/c1-3-9(4-2)13-11(15-12)14-10-7-5-6-8-10/h9-10H,3-8,12H2,1-2H3,(H2,13,14,15). The van der Waals surface area contributed by atoms with Gasteiger partial charge in [-0.25, -0.2) is 10.8 Å². The van der Waals surface area contributed by atoms with Crippen LogP contribution in [-0.2, 0) is 0 Å². The van der Waals surface area contributed by atoms with E-state index in [1.807, 2.05) is 0 Å². The Morgan fingerprint density at radius 3 is 2.40 bits per heavy atom. The van der Waals surface area contributed by atoms with Crippen LogP contribution in [0.3, 0.4) is 0 Å². The fraction of sp³-hybridized carbons (Fsp3) is 0.909. The molecule has 0 heterocycles. The summed E-state index contributed by atoms with van der Waals surface area (Å²) < 4.78 is 0. The zero-order chi connectivity index (χ0) is 11.1. The SMILES string of the molecule is CCC(CC)NC(=NC1CCCC1)NN. The van der Waals surface area contributed by atoms with E-state index in [1.54, 1.807) is 0 Å². The lowest BCUT2D eigenvalue weighted by Gasteiger charge is -2.18. The van der Waals surface area contributed by atoms with Gasteiger partial charge in [0, 0.05) is 6.04 Å². The van der Waals surface area contributed by atoms with Crippen molar-refractivity contribution in [2.24, 2.45) is 10.8 Å². The minimum Gasteiger partial charge on any atom is -0.353 e. The predicted octanol–water partition coefficient (Wildman–Crippen LogP) is 1.53. The van der Waals surface area contributed by atoms with Gasteiger partial charge < -0.3 is 5.32 Å². The molecule has 0 aromatic rings. The monoisotopic (exact) mass is 212 g/mol. The number of hydrogen-bond donors (Lipinski definition) is 3. The molecule has 1 saturated carbocycles. The maximum Gasteiger partial charge on any atom is 0.206 e. The van der Waals surface area contributed by atoms with Gasteiger partial charge in [-0.3, -0.25) is 5.43 Å². The second-order valence-corrected chi connectivity index (χ2v) is 4.22. The van der Waals surface area contributed by atoms with Gasteiger partial charge in [-0.1, -0.05) is 26.7 Å². The summed E-state index contributed by atoms with van der Waals surface area (Å²) >= 11 is 0.